The van der Waals surface area contributed by atoms with Gasteiger partial charge in [0.15, 0.2) is 0 Å². The number of carbonyl (C=O) groups excluding carboxylic acids is 1. The van der Waals surface area contributed by atoms with Gasteiger partial charge >= 0.3 is 0 Å². The zero-order chi connectivity index (χ0) is 21.8. The van der Waals surface area contributed by atoms with Crippen LogP contribution in [0.1, 0.15) is 50.1 Å². The van der Waals surface area contributed by atoms with E-state index in [9.17, 15) is 13.2 Å². The zero-order valence-corrected chi connectivity index (χ0v) is 19.5. The predicted molar refractivity (Wildman–Crippen MR) is 122 cm³/mol. The number of hydrogen-bond acceptors (Lipinski definition) is 5. The summed E-state index contributed by atoms with van der Waals surface area (Å²) in [4.78, 5) is 15.6. The van der Waals surface area contributed by atoms with E-state index < -0.39 is 10.0 Å². The van der Waals surface area contributed by atoms with Crippen LogP contribution in [0.15, 0.2) is 46.0 Å². The largest absolute Gasteiger partial charge is 0.497 e. The van der Waals surface area contributed by atoms with E-state index in [-0.39, 0.29) is 17.9 Å². The van der Waals surface area contributed by atoms with Gasteiger partial charge in [0.25, 0.3) is 10.0 Å². The molecule has 8 heteroatoms. The Morgan fingerprint density at radius 3 is 2.39 bits per heavy atom. The Balaban J connectivity index is 1.46. The van der Waals surface area contributed by atoms with E-state index in [0.717, 1.165) is 43.5 Å². The summed E-state index contributed by atoms with van der Waals surface area (Å²) < 4.78 is 32.8. The Hall–Kier alpha value is -1.90. The summed E-state index contributed by atoms with van der Waals surface area (Å²) in [6, 6.07) is 11.5. The van der Waals surface area contributed by atoms with Crippen LogP contribution in [0.2, 0.25) is 0 Å². The number of likely N-dealkylation sites (tertiary alicyclic amines) is 1. The fraction of sp³-hybridized carbons (Fsp3) is 0.522. The van der Waals surface area contributed by atoms with E-state index in [1.165, 1.54) is 15.6 Å². The van der Waals surface area contributed by atoms with E-state index in [2.05, 4.69) is 17.0 Å². The molecule has 0 spiro atoms. The quantitative estimate of drug-likeness (QED) is 0.664. The van der Waals surface area contributed by atoms with Gasteiger partial charge in [0, 0.05) is 25.6 Å². The highest BCUT2D eigenvalue weighted by molar-refractivity contribution is 7.91. The lowest BCUT2D eigenvalue weighted by atomic mass is 9.94. The molecule has 0 unspecified atom stereocenters. The van der Waals surface area contributed by atoms with Crippen molar-refractivity contribution in [2.24, 2.45) is 5.92 Å². The van der Waals surface area contributed by atoms with Crippen molar-refractivity contribution in [3.05, 3.63) is 47.3 Å². The first kappa shape index (κ1) is 22.3. The number of thiophene rings is 1. The van der Waals surface area contributed by atoms with Crippen LogP contribution in [0, 0.1) is 5.92 Å². The maximum absolute atomic E-state index is 13.5. The maximum atomic E-state index is 13.5. The summed E-state index contributed by atoms with van der Waals surface area (Å²) in [5.74, 6) is 0.874. The number of rotatable bonds is 5. The van der Waals surface area contributed by atoms with Crippen molar-refractivity contribution in [3.63, 3.8) is 0 Å². The van der Waals surface area contributed by atoms with Gasteiger partial charge in [-0.25, -0.2) is 8.42 Å². The third-order valence-electron chi connectivity index (χ3n) is 6.43. The van der Waals surface area contributed by atoms with Gasteiger partial charge in [-0.3, -0.25) is 4.79 Å². The van der Waals surface area contributed by atoms with Gasteiger partial charge in [-0.15, -0.1) is 11.3 Å². The number of carbonyl (C=O) groups is 1. The van der Waals surface area contributed by atoms with Crippen molar-refractivity contribution in [1.82, 2.24) is 9.21 Å². The normalized spacial score (nSPS) is 21.6. The fourth-order valence-electron chi connectivity index (χ4n) is 4.66. The molecule has 0 N–H and O–H groups in total. The Morgan fingerprint density at radius 1 is 1.00 bits per heavy atom. The molecule has 3 heterocycles. The van der Waals surface area contributed by atoms with Crippen LogP contribution < -0.4 is 4.74 Å². The van der Waals surface area contributed by atoms with E-state index >= 15 is 0 Å². The number of hydrogen-bond donors (Lipinski definition) is 0. The molecule has 2 aromatic rings. The SMILES string of the molecule is COc1ccc([C@@H]2CCCCCN2C(=O)C2CCN(S(=O)(=O)c3cccs3)CC2)cc1. The minimum Gasteiger partial charge on any atom is -0.497 e. The standard InChI is InChI=1S/C23H30N2O4S2/c1-29-20-10-8-18(9-11-20)21-6-3-2-4-14-25(21)23(26)19-12-15-24(16-13-19)31(27,28)22-7-5-17-30-22/h5,7-11,17,19,21H,2-4,6,12-16H2,1H3/t21-/m0/s1. The summed E-state index contributed by atoms with van der Waals surface area (Å²) in [6.07, 6.45) is 5.38. The second-order valence-corrected chi connectivity index (χ2v) is 11.4. The summed E-state index contributed by atoms with van der Waals surface area (Å²) in [6.45, 7) is 1.57. The summed E-state index contributed by atoms with van der Waals surface area (Å²) in [7, 11) is -1.79. The molecule has 0 saturated carbocycles. The van der Waals surface area contributed by atoms with Gasteiger partial charge in [0.05, 0.1) is 13.2 Å². The van der Waals surface area contributed by atoms with Gasteiger partial charge in [-0.05, 0) is 54.8 Å². The highest BCUT2D eigenvalue weighted by atomic mass is 32.2. The van der Waals surface area contributed by atoms with Crippen LogP contribution in [0.3, 0.4) is 0 Å². The fourth-order valence-corrected chi connectivity index (χ4v) is 7.27. The van der Waals surface area contributed by atoms with Crippen LogP contribution in [-0.4, -0.2) is 50.3 Å². The average Bonchev–Trinajstić information content (AvgIpc) is 3.25. The van der Waals surface area contributed by atoms with Crippen LogP contribution in [0.5, 0.6) is 5.75 Å². The molecule has 0 radical (unpaired) electrons. The summed E-state index contributed by atoms with van der Waals surface area (Å²) >= 11 is 1.24. The van der Waals surface area contributed by atoms with E-state index in [1.807, 2.05) is 12.1 Å². The first-order valence-electron chi connectivity index (χ1n) is 11.0. The number of amides is 1. The zero-order valence-electron chi connectivity index (χ0n) is 17.9. The second kappa shape index (κ2) is 9.71. The summed E-state index contributed by atoms with van der Waals surface area (Å²) in [5, 5.41) is 1.78. The topological polar surface area (TPSA) is 66.9 Å². The molecule has 0 bridgehead atoms. The molecular formula is C23H30N2O4S2. The Morgan fingerprint density at radius 2 is 1.74 bits per heavy atom. The number of piperidine rings is 1. The van der Waals surface area contributed by atoms with Gasteiger partial charge in [0.2, 0.25) is 5.91 Å². The molecular weight excluding hydrogens is 432 g/mol. The molecule has 0 aliphatic carbocycles. The van der Waals surface area contributed by atoms with Gasteiger partial charge in [-0.1, -0.05) is 31.0 Å². The molecule has 1 atom stereocenters. The number of ether oxygens (including phenoxy) is 1. The van der Waals surface area contributed by atoms with Crippen LogP contribution in [0.4, 0.5) is 0 Å². The number of methoxy groups -OCH3 is 1. The molecule has 4 rings (SSSR count). The average molecular weight is 463 g/mol. The van der Waals surface area contributed by atoms with E-state index in [1.54, 1.807) is 24.6 Å². The maximum Gasteiger partial charge on any atom is 0.252 e. The number of sulfonamides is 1. The highest BCUT2D eigenvalue weighted by Crippen LogP contribution is 2.34. The van der Waals surface area contributed by atoms with E-state index in [4.69, 9.17) is 4.74 Å². The molecule has 168 valence electrons. The molecule has 6 nitrogen and oxygen atoms in total. The molecule has 31 heavy (non-hydrogen) atoms. The Labute approximate surface area is 188 Å². The highest BCUT2D eigenvalue weighted by Gasteiger charge is 2.36. The first-order chi connectivity index (χ1) is 15.0. The summed E-state index contributed by atoms with van der Waals surface area (Å²) in [5.41, 5.74) is 1.15. The van der Waals surface area contributed by atoms with Crippen molar-refractivity contribution < 1.29 is 17.9 Å². The van der Waals surface area contributed by atoms with Gasteiger partial charge in [0.1, 0.15) is 9.96 Å². The van der Waals surface area contributed by atoms with Crippen LogP contribution in [-0.2, 0) is 14.8 Å². The van der Waals surface area contributed by atoms with Crippen molar-refractivity contribution in [1.29, 1.82) is 0 Å². The molecule has 2 aliphatic rings. The van der Waals surface area contributed by atoms with Crippen molar-refractivity contribution in [3.8, 4) is 5.75 Å². The lowest BCUT2D eigenvalue weighted by molar-refractivity contribution is -0.139. The number of nitrogens with zero attached hydrogens (tertiary/aromatic N) is 2. The minimum atomic E-state index is -3.44. The molecule has 1 aromatic heterocycles. The van der Waals surface area contributed by atoms with Crippen molar-refractivity contribution in [2.45, 2.75) is 48.8 Å². The molecule has 1 amide bonds. The molecule has 1 aromatic carbocycles. The molecule has 2 saturated heterocycles. The van der Waals surface area contributed by atoms with Crippen molar-refractivity contribution in [2.75, 3.05) is 26.7 Å². The lowest BCUT2D eigenvalue weighted by Gasteiger charge is -2.36. The van der Waals surface area contributed by atoms with Crippen LogP contribution in [0.25, 0.3) is 0 Å². The molecule has 2 aliphatic heterocycles. The number of benzene rings is 1. The van der Waals surface area contributed by atoms with Crippen molar-refractivity contribution >= 4 is 27.3 Å². The Bertz CT molecular complexity index is 966. The van der Waals surface area contributed by atoms with Crippen LogP contribution >= 0.6 is 11.3 Å². The monoisotopic (exact) mass is 462 g/mol. The minimum absolute atomic E-state index is 0.0776. The molecule has 2 fully saturated rings. The third kappa shape index (κ3) is 4.81. The third-order valence-corrected chi connectivity index (χ3v) is 9.70. The lowest BCUT2D eigenvalue weighted by Crippen LogP contribution is -2.45. The smallest absolute Gasteiger partial charge is 0.252 e. The Kier molecular flexibility index (Phi) is 6.99. The second-order valence-electron chi connectivity index (χ2n) is 8.28. The predicted octanol–water partition coefficient (Wildman–Crippen LogP) is 4.30. The van der Waals surface area contributed by atoms with Gasteiger partial charge in [-0.2, -0.15) is 4.31 Å². The first-order valence-corrected chi connectivity index (χ1v) is 13.3. The van der Waals surface area contributed by atoms with Gasteiger partial charge < -0.3 is 9.64 Å². The van der Waals surface area contributed by atoms with E-state index in [0.29, 0.717) is 30.1 Å².